The first-order chi connectivity index (χ1) is 12.9. The maximum absolute atomic E-state index is 12.2. The Morgan fingerprint density at radius 3 is 2.56 bits per heavy atom. The van der Waals surface area contributed by atoms with Gasteiger partial charge < -0.3 is 9.47 Å². The van der Waals surface area contributed by atoms with Crippen molar-refractivity contribution in [1.82, 2.24) is 10.9 Å². The van der Waals surface area contributed by atoms with E-state index in [0.29, 0.717) is 38.6 Å². The molecule has 0 spiro atoms. The summed E-state index contributed by atoms with van der Waals surface area (Å²) >= 11 is 13.2. The van der Waals surface area contributed by atoms with Crippen molar-refractivity contribution in [2.45, 2.75) is 11.8 Å². The monoisotopic (exact) mass is 428 g/mol. The number of nitrogens with one attached hydrogen (secondary N) is 2. The molecule has 0 saturated heterocycles. The Labute approximate surface area is 171 Å². The number of carbonyl (C=O) groups is 2. The third-order valence-electron chi connectivity index (χ3n) is 3.29. The molecule has 0 aliphatic carbocycles. The van der Waals surface area contributed by atoms with Crippen LogP contribution in [0, 0.1) is 0 Å². The summed E-state index contributed by atoms with van der Waals surface area (Å²) in [6, 6.07) is 9.75. The Kier molecular flexibility index (Phi) is 8.09. The lowest BCUT2D eigenvalue weighted by atomic mass is 10.2. The number of carbonyl (C=O) groups excluding carboxylic acids is 2. The summed E-state index contributed by atoms with van der Waals surface area (Å²) in [5.74, 6) is 0.169. The van der Waals surface area contributed by atoms with Crippen LogP contribution in [0.4, 0.5) is 0 Å². The van der Waals surface area contributed by atoms with Crippen LogP contribution in [0.15, 0.2) is 41.3 Å². The van der Waals surface area contributed by atoms with Crippen molar-refractivity contribution in [1.29, 1.82) is 0 Å². The molecule has 0 unspecified atom stereocenters. The average molecular weight is 429 g/mol. The van der Waals surface area contributed by atoms with E-state index in [9.17, 15) is 9.59 Å². The highest BCUT2D eigenvalue weighted by molar-refractivity contribution is 8.00. The number of halogens is 2. The lowest BCUT2D eigenvalue weighted by molar-refractivity contribution is -0.119. The molecule has 0 atom stereocenters. The molecule has 2 N–H and O–H groups in total. The van der Waals surface area contributed by atoms with E-state index in [4.69, 9.17) is 32.7 Å². The average Bonchev–Trinajstić information content (AvgIpc) is 2.67. The largest absolute Gasteiger partial charge is 0.493 e. The molecule has 0 radical (unpaired) electrons. The Balaban J connectivity index is 1.89. The first-order valence-corrected chi connectivity index (χ1v) is 9.66. The van der Waals surface area contributed by atoms with Gasteiger partial charge in [0.1, 0.15) is 0 Å². The molecule has 2 amide bonds. The standard InChI is InChI=1S/C18H18Cl2N2O4S/c1-3-26-14-7-4-11(8-15(14)25-2)18(24)22-21-17(23)10-27-16-9-12(19)5-6-13(16)20/h4-9H,3,10H2,1-2H3,(H,21,23)(H,22,24). The fourth-order valence-corrected chi connectivity index (χ4v) is 3.34. The predicted octanol–water partition coefficient (Wildman–Crippen LogP) is 3.95. The van der Waals surface area contributed by atoms with E-state index in [0.717, 1.165) is 0 Å². The third-order valence-corrected chi connectivity index (χ3v) is 5.03. The minimum atomic E-state index is -0.476. The number of benzene rings is 2. The molecule has 0 heterocycles. The quantitative estimate of drug-likeness (QED) is 0.515. The summed E-state index contributed by atoms with van der Waals surface area (Å²) in [4.78, 5) is 24.8. The van der Waals surface area contributed by atoms with Crippen LogP contribution in [0.25, 0.3) is 0 Å². The number of hydrogen-bond donors (Lipinski definition) is 2. The van der Waals surface area contributed by atoms with Gasteiger partial charge in [0.2, 0.25) is 5.91 Å². The van der Waals surface area contributed by atoms with Gasteiger partial charge in [0, 0.05) is 15.5 Å². The summed E-state index contributed by atoms with van der Waals surface area (Å²) in [6.45, 7) is 2.33. The highest BCUT2D eigenvalue weighted by Crippen LogP contribution is 2.30. The van der Waals surface area contributed by atoms with E-state index in [1.165, 1.54) is 24.9 Å². The minimum absolute atomic E-state index is 0.0624. The molecular weight excluding hydrogens is 411 g/mol. The number of ether oxygens (including phenoxy) is 2. The lowest BCUT2D eigenvalue weighted by Crippen LogP contribution is -2.42. The van der Waals surface area contributed by atoms with E-state index in [1.54, 1.807) is 30.3 Å². The second-order valence-electron chi connectivity index (χ2n) is 5.16. The highest BCUT2D eigenvalue weighted by Gasteiger charge is 2.12. The van der Waals surface area contributed by atoms with Crippen LogP contribution in [0.2, 0.25) is 10.0 Å². The van der Waals surface area contributed by atoms with Crippen molar-refractivity contribution < 1.29 is 19.1 Å². The van der Waals surface area contributed by atoms with Crippen LogP contribution < -0.4 is 20.3 Å². The Hall–Kier alpha value is -2.09. The maximum Gasteiger partial charge on any atom is 0.269 e. The van der Waals surface area contributed by atoms with Gasteiger partial charge in [-0.15, -0.1) is 11.8 Å². The van der Waals surface area contributed by atoms with Gasteiger partial charge in [0.25, 0.3) is 5.91 Å². The van der Waals surface area contributed by atoms with Crippen molar-refractivity contribution in [2.24, 2.45) is 0 Å². The van der Waals surface area contributed by atoms with E-state index in [1.807, 2.05) is 6.92 Å². The zero-order valence-corrected chi connectivity index (χ0v) is 17.0. The molecule has 0 bridgehead atoms. The molecule has 0 aromatic heterocycles. The minimum Gasteiger partial charge on any atom is -0.493 e. The third kappa shape index (κ3) is 6.23. The van der Waals surface area contributed by atoms with Gasteiger partial charge in [-0.05, 0) is 43.3 Å². The molecule has 27 heavy (non-hydrogen) atoms. The fraction of sp³-hybridized carbons (Fsp3) is 0.222. The van der Waals surface area contributed by atoms with Crippen molar-refractivity contribution in [3.05, 3.63) is 52.0 Å². The molecule has 2 rings (SSSR count). The summed E-state index contributed by atoms with van der Waals surface area (Å²) < 4.78 is 10.6. The molecule has 0 aliphatic rings. The molecule has 6 nitrogen and oxygen atoms in total. The van der Waals surface area contributed by atoms with Crippen molar-refractivity contribution >= 4 is 46.8 Å². The molecule has 2 aromatic carbocycles. The fourth-order valence-electron chi connectivity index (χ4n) is 2.05. The highest BCUT2D eigenvalue weighted by atomic mass is 35.5. The molecule has 0 saturated carbocycles. The van der Waals surface area contributed by atoms with Gasteiger partial charge in [-0.25, -0.2) is 0 Å². The maximum atomic E-state index is 12.2. The van der Waals surface area contributed by atoms with Crippen molar-refractivity contribution in [3.8, 4) is 11.5 Å². The van der Waals surface area contributed by atoms with Crippen LogP contribution in [0.3, 0.4) is 0 Å². The zero-order chi connectivity index (χ0) is 19.8. The van der Waals surface area contributed by atoms with Gasteiger partial charge >= 0.3 is 0 Å². The van der Waals surface area contributed by atoms with Gasteiger partial charge in [-0.2, -0.15) is 0 Å². The van der Waals surface area contributed by atoms with Crippen LogP contribution >= 0.6 is 35.0 Å². The number of methoxy groups -OCH3 is 1. The SMILES string of the molecule is CCOc1ccc(C(=O)NNC(=O)CSc2cc(Cl)ccc2Cl)cc1OC. The van der Waals surface area contributed by atoms with E-state index < -0.39 is 5.91 Å². The number of hydrazine groups is 1. The Morgan fingerprint density at radius 2 is 1.85 bits per heavy atom. The van der Waals surface area contributed by atoms with Gasteiger partial charge in [-0.3, -0.25) is 20.4 Å². The van der Waals surface area contributed by atoms with Crippen LogP contribution in [0.5, 0.6) is 11.5 Å². The van der Waals surface area contributed by atoms with E-state index in [-0.39, 0.29) is 11.7 Å². The molecule has 2 aromatic rings. The van der Waals surface area contributed by atoms with Crippen LogP contribution in [-0.4, -0.2) is 31.3 Å². The number of amides is 2. The first-order valence-electron chi connectivity index (χ1n) is 7.92. The zero-order valence-electron chi connectivity index (χ0n) is 14.7. The number of hydrogen-bond acceptors (Lipinski definition) is 5. The lowest BCUT2D eigenvalue weighted by Gasteiger charge is -2.11. The van der Waals surface area contributed by atoms with Gasteiger partial charge in [0.15, 0.2) is 11.5 Å². The molecule has 144 valence electrons. The Bertz CT molecular complexity index is 833. The second-order valence-corrected chi connectivity index (χ2v) is 7.03. The van der Waals surface area contributed by atoms with Gasteiger partial charge in [-0.1, -0.05) is 23.2 Å². The van der Waals surface area contributed by atoms with Crippen molar-refractivity contribution in [2.75, 3.05) is 19.5 Å². The normalized spacial score (nSPS) is 10.2. The molecular formula is C18H18Cl2N2O4S. The first kappa shape index (κ1) is 21.2. The topological polar surface area (TPSA) is 76.7 Å². The predicted molar refractivity (Wildman–Crippen MR) is 107 cm³/mol. The van der Waals surface area contributed by atoms with Gasteiger partial charge in [0.05, 0.1) is 24.5 Å². The van der Waals surface area contributed by atoms with E-state index in [2.05, 4.69) is 10.9 Å². The molecule has 0 aliphatic heterocycles. The number of rotatable bonds is 7. The van der Waals surface area contributed by atoms with Crippen LogP contribution in [0.1, 0.15) is 17.3 Å². The smallest absolute Gasteiger partial charge is 0.269 e. The summed E-state index contributed by atoms with van der Waals surface area (Å²) in [5.41, 5.74) is 5.03. The van der Waals surface area contributed by atoms with E-state index >= 15 is 0 Å². The Morgan fingerprint density at radius 1 is 1.07 bits per heavy atom. The second kappa shape index (κ2) is 10.3. The van der Waals surface area contributed by atoms with Crippen LogP contribution in [-0.2, 0) is 4.79 Å². The van der Waals surface area contributed by atoms with Crippen molar-refractivity contribution in [3.63, 3.8) is 0 Å². The summed E-state index contributed by atoms with van der Waals surface area (Å²) in [7, 11) is 1.49. The summed E-state index contributed by atoms with van der Waals surface area (Å²) in [5, 5.41) is 1.03. The molecule has 9 heteroatoms. The molecule has 0 fully saturated rings. The number of thioether (sulfide) groups is 1. The summed E-state index contributed by atoms with van der Waals surface area (Å²) in [6.07, 6.45) is 0.